The lowest BCUT2D eigenvalue weighted by atomic mass is 9.87. The highest BCUT2D eigenvalue weighted by atomic mass is 16.6. The topological polar surface area (TPSA) is 78.4 Å². The van der Waals surface area contributed by atoms with Crippen LogP contribution >= 0.6 is 0 Å². The van der Waals surface area contributed by atoms with E-state index in [-0.39, 0.29) is 16.8 Å². The van der Waals surface area contributed by atoms with Crippen molar-refractivity contribution in [1.82, 2.24) is 0 Å². The van der Waals surface area contributed by atoms with Gasteiger partial charge in [0.05, 0.1) is 10.6 Å². The summed E-state index contributed by atoms with van der Waals surface area (Å²) in [5, 5.41) is 10.7. The first-order valence-electron chi connectivity index (χ1n) is 6.60. The fourth-order valence-electron chi connectivity index (χ4n) is 1.90. The summed E-state index contributed by atoms with van der Waals surface area (Å²) in [4.78, 5) is 10.2. The fraction of sp³-hybridized carbons (Fsp3) is 0.250. The molecule has 0 aliphatic heterocycles. The van der Waals surface area contributed by atoms with Gasteiger partial charge in [0.2, 0.25) is 0 Å². The second-order valence-electron chi connectivity index (χ2n) is 5.86. The monoisotopic (exact) mass is 286 g/mol. The first-order valence-corrected chi connectivity index (χ1v) is 6.60. The van der Waals surface area contributed by atoms with E-state index in [0.29, 0.717) is 11.5 Å². The molecular formula is C16H18N2O3. The maximum atomic E-state index is 10.7. The van der Waals surface area contributed by atoms with Crippen molar-refractivity contribution in [2.75, 3.05) is 5.73 Å². The Kier molecular flexibility index (Phi) is 3.84. The number of nitro groups is 1. The van der Waals surface area contributed by atoms with E-state index < -0.39 is 4.92 Å². The van der Waals surface area contributed by atoms with E-state index >= 15 is 0 Å². The summed E-state index contributed by atoms with van der Waals surface area (Å²) in [5.74, 6) is 1.06. The van der Waals surface area contributed by atoms with Gasteiger partial charge in [0, 0.05) is 12.1 Å². The van der Waals surface area contributed by atoms with Crippen LogP contribution in [0.1, 0.15) is 26.3 Å². The predicted octanol–water partition coefficient (Wildman–Crippen LogP) is 4.27. The van der Waals surface area contributed by atoms with Crippen molar-refractivity contribution in [2.24, 2.45) is 0 Å². The van der Waals surface area contributed by atoms with Crippen LogP contribution in [0.3, 0.4) is 0 Å². The van der Waals surface area contributed by atoms with Crippen LogP contribution in [0.2, 0.25) is 0 Å². The molecule has 0 radical (unpaired) electrons. The van der Waals surface area contributed by atoms with Crippen molar-refractivity contribution in [3.63, 3.8) is 0 Å². The second-order valence-corrected chi connectivity index (χ2v) is 5.86. The number of hydrogen-bond donors (Lipinski definition) is 1. The summed E-state index contributed by atoms with van der Waals surface area (Å²) >= 11 is 0. The Morgan fingerprint density at radius 3 is 2.43 bits per heavy atom. The van der Waals surface area contributed by atoms with E-state index in [1.165, 1.54) is 18.2 Å². The molecule has 0 aliphatic carbocycles. The van der Waals surface area contributed by atoms with E-state index in [4.69, 9.17) is 10.5 Å². The summed E-state index contributed by atoms with van der Waals surface area (Å²) in [6.45, 7) is 6.35. The summed E-state index contributed by atoms with van der Waals surface area (Å²) in [5.41, 5.74) is 7.14. The molecule has 2 rings (SSSR count). The fourth-order valence-corrected chi connectivity index (χ4v) is 1.90. The van der Waals surface area contributed by atoms with Crippen molar-refractivity contribution in [1.29, 1.82) is 0 Å². The van der Waals surface area contributed by atoms with Crippen LogP contribution in [0.5, 0.6) is 11.5 Å². The average molecular weight is 286 g/mol. The molecule has 0 heterocycles. The molecule has 2 aromatic carbocycles. The van der Waals surface area contributed by atoms with Crippen LogP contribution in [-0.4, -0.2) is 4.92 Å². The third-order valence-corrected chi connectivity index (χ3v) is 3.13. The number of nitrogens with two attached hydrogens (primary N) is 1. The van der Waals surface area contributed by atoms with Crippen LogP contribution < -0.4 is 10.5 Å². The van der Waals surface area contributed by atoms with Gasteiger partial charge in [-0.3, -0.25) is 10.1 Å². The molecule has 2 N–H and O–H groups in total. The zero-order valence-corrected chi connectivity index (χ0v) is 12.3. The van der Waals surface area contributed by atoms with Gasteiger partial charge >= 0.3 is 0 Å². The van der Waals surface area contributed by atoms with Gasteiger partial charge in [0.1, 0.15) is 5.75 Å². The Bertz CT molecular complexity index is 675. The molecule has 0 unspecified atom stereocenters. The van der Waals surface area contributed by atoms with Gasteiger partial charge in [-0.1, -0.05) is 32.9 Å². The molecule has 110 valence electrons. The SMILES string of the molecule is CC(C)(C)c1cccc(Oc2ccc([N+](=O)[O-])cc2N)c1. The summed E-state index contributed by atoms with van der Waals surface area (Å²) in [7, 11) is 0. The van der Waals surface area contributed by atoms with Gasteiger partial charge in [0.15, 0.2) is 5.75 Å². The Hall–Kier alpha value is -2.56. The van der Waals surface area contributed by atoms with Crippen LogP contribution in [-0.2, 0) is 5.41 Å². The number of nitro benzene ring substituents is 1. The Morgan fingerprint density at radius 2 is 1.86 bits per heavy atom. The molecule has 0 fully saturated rings. The van der Waals surface area contributed by atoms with Crippen LogP contribution in [0.25, 0.3) is 0 Å². The number of hydrogen-bond acceptors (Lipinski definition) is 4. The minimum absolute atomic E-state index is 0.0143. The predicted molar refractivity (Wildman–Crippen MR) is 82.7 cm³/mol. The number of nitrogen functional groups attached to an aromatic ring is 1. The molecule has 0 aliphatic rings. The second kappa shape index (κ2) is 5.44. The highest BCUT2D eigenvalue weighted by Crippen LogP contribution is 2.32. The molecule has 0 bridgehead atoms. The van der Waals surface area contributed by atoms with Gasteiger partial charge in [0.25, 0.3) is 5.69 Å². The molecule has 5 nitrogen and oxygen atoms in total. The van der Waals surface area contributed by atoms with Crippen molar-refractivity contribution in [2.45, 2.75) is 26.2 Å². The lowest BCUT2D eigenvalue weighted by Crippen LogP contribution is -2.10. The van der Waals surface area contributed by atoms with E-state index in [1.54, 1.807) is 0 Å². The average Bonchev–Trinajstić information content (AvgIpc) is 2.40. The lowest BCUT2D eigenvalue weighted by molar-refractivity contribution is -0.384. The number of nitrogens with zero attached hydrogens (tertiary/aromatic N) is 1. The zero-order valence-electron chi connectivity index (χ0n) is 12.3. The van der Waals surface area contributed by atoms with Crippen molar-refractivity contribution in [3.8, 4) is 11.5 Å². The molecule has 0 aromatic heterocycles. The first kappa shape index (κ1) is 14.8. The standard InChI is InChI=1S/C16H18N2O3/c1-16(2,3)11-5-4-6-13(9-11)21-15-8-7-12(18(19)20)10-14(15)17/h4-10H,17H2,1-3H3. The number of anilines is 1. The third-order valence-electron chi connectivity index (χ3n) is 3.13. The minimum Gasteiger partial charge on any atom is -0.455 e. The van der Waals surface area contributed by atoms with E-state index in [1.807, 2.05) is 24.3 Å². The molecule has 5 heteroatoms. The number of non-ortho nitro benzene ring substituents is 1. The highest BCUT2D eigenvalue weighted by Gasteiger charge is 2.15. The number of benzene rings is 2. The summed E-state index contributed by atoms with van der Waals surface area (Å²) < 4.78 is 5.73. The molecule has 2 aromatic rings. The number of ether oxygens (including phenoxy) is 1. The van der Waals surface area contributed by atoms with Gasteiger partial charge in [-0.25, -0.2) is 0 Å². The maximum absolute atomic E-state index is 10.7. The molecule has 0 amide bonds. The first-order chi connectivity index (χ1) is 9.77. The summed E-state index contributed by atoms with van der Waals surface area (Å²) in [6.07, 6.45) is 0. The van der Waals surface area contributed by atoms with Gasteiger partial charge in [-0.2, -0.15) is 0 Å². The Labute approximate surface area is 123 Å². The van der Waals surface area contributed by atoms with Gasteiger partial charge < -0.3 is 10.5 Å². The van der Waals surface area contributed by atoms with E-state index in [0.717, 1.165) is 5.56 Å². The van der Waals surface area contributed by atoms with Gasteiger partial charge in [-0.15, -0.1) is 0 Å². The van der Waals surface area contributed by atoms with Crippen molar-refractivity contribution in [3.05, 3.63) is 58.1 Å². The zero-order chi connectivity index (χ0) is 15.6. The quantitative estimate of drug-likeness (QED) is 0.519. The molecule has 0 saturated carbocycles. The lowest BCUT2D eigenvalue weighted by Gasteiger charge is -2.19. The molecule has 0 saturated heterocycles. The highest BCUT2D eigenvalue weighted by molar-refractivity contribution is 5.59. The van der Waals surface area contributed by atoms with Crippen LogP contribution in [0.15, 0.2) is 42.5 Å². The smallest absolute Gasteiger partial charge is 0.271 e. The molecular weight excluding hydrogens is 268 g/mol. The normalized spacial score (nSPS) is 11.2. The van der Waals surface area contributed by atoms with Crippen molar-refractivity contribution >= 4 is 11.4 Å². The largest absolute Gasteiger partial charge is 0.455 e. The van der Waals surface area contributed by atoms with Gasteiger partial charge in [-0.05, 0) is 29.2 Å². The molecule has 21 heavy (non-hydrogen) atoms. The minimum atomic E-state index is -0.486. The van der Waals surface area contributed by atoms with Crippen molar-refractivity contribution < 1.29 is 9.66 Å². The van der Waals surface area contributed by atoms with Crippen LogP contribution in [0.4, 0.5) is 11.4 Å². The summed E-state index contributed by atoms with van der Waals surface area (Å²) in [6, 6.07) is 11.9. The van der Waals surface area contributed by atoms with E-state index in [2.05, 4.69) is 20.8 Å². The Morgan fingerprint density at radius 1 is 1.14 bits per heavy atom. The molecule has 0 spiro atoms. The molecule has 0 atom stereocenters. The maximum Gasteiger partial charge on any atom is 0.271 e. The number of rotatable bonds is 3. The Balaban J connectivity index is 2.28. The van der Waals surface area contributed by atoms with E-state index in [9.17, 15) is 10.1 Å². The van der Waals surface area contributed by atoms with Crippen LogP contribution in [0, 0.1) is 10.1 Å². The third kappa shape index (κ3) is 3.51.